The van der Waals surface area contributed by atoms with E-state index in [-0.39, 0.29) is 18.4 Å². The molecular weight excluding hydrogens is 308 g/mol. The molecule has 6 heteroatoms. The molecule has 2 N–H and O–H groups in total. The van der Waals surface area contributed by atoms with Crippen LogP contribution in [0, 0.1) is 11.8 Å². The van der Waals surface area contributed by atoms with Gasteiger partial charge in [-0.15, -0.1) is 0 Å². The van der Waals surface area contributed by atoms with Crippen LogP contribution in [0.3, 0.4) is 0 Å². The summed E-state index contributed by atoms with van der Waals surface area (Å²) >= 11 is 0. The van der Waals surface area contributed by atoms with Crippen molar-refractivity contribution in [2.24, 2.45) is 18.9 Å². The van der Waals surface area contributed by atoms with Gasteiger partial charge in [0.05, 0.1) is 5.92 Å². The van der Waals surface area contributed by atoms with E-state index < -0.39 is 11.9 Å². The molecule has 6 nitrogen and oxygen atoms in total. The highest BCUT2D eigenvalue weighted by Gasteiger charge is 2.30. The second-order valence-corrected chi connectivity index (χ2v) is 6.30. The van der Waals surface area contributed by atoms with Gasteiger partial charge in [0.2, 0.25) is 0 Å². The molecule has 1 aliphatic rings. The molecule has 0 radical (unpaired) electrons. The van der Waals surface area contributed by atoms with Gasteiger partial charge in [-0.05, 0) is 42.3 Å². The van der Waals surface area contributed by atoms with E-state index in [4.69, 9.17) is 4.74 Å². The molecule has 128 valence electrons. The van der Waals surface area contributed by atoms with Gasteiger partial charge in [0, 0.05) is 44.1 Å². The number of carbonyl (C=O) groups excluding carboxylic acids is 1. The summed E-state index contributed by atoms with van der Waals surface area (Å²) in [6.45, 7) is 1.32. The Morgan fingerprint density at radius 1 is 1.33 bits per heavy atom. The fraction of sp³-hybridized carbons (Fsp3) is 0.444. The highest BCUT2D eigenvalue weighted by atomic mass is 16.5. The maximum absolute atomic E-state index is 12.4. The third kappa shape index (κ3) is 3.43. The van der Waals surface area contributed by atoms with E-state index in [2.05, 4.69) is 5.32 Å². The first kappa shape index (κ1) is 16.5. The molecule has 3 rings (SSSR count). The average Bonchev–Trinajstić information content (AvgIpc) is 2.96. The van der Waals surface area contributed by atoms with Crippen LogP contribution in [0.1, 0.15) is 23.2 Å². The molecule has 0 bridgehead atoms. The first-order valence-electron chi connectivity index (χ1n) is 8.20. The summed E-state index contributed by atoms with van der Waals surface area (Å²) in [7, 11) is 1.93. The molecule has 2 aromatic rings. The predicted octanol–water partition coefficient (Wildman–Crippen LogP) is 2.04. The average molecular weight is 330 g/mol. The first-order valence-corrected chi connectivity index (χ1v) is 8.20. The number of ether oxygens (including phenoxy) is 1. The topological polar surface area (TPSA) is 80.6 Å². The lowest BCUT2D eigenvalue weighted by atomic mass is 9.86. The molecule has 0 saturated carbocycles. The van der Waals surface area contributed by atoms with Crippen molar-refractivity contribution >= 4 is 22.8 Å². The fourth-order valence-corrected chi connectivity index (χ4v) is 3.28. The Labute approximate surface area is 140 Å². The van der Waals surface area contributed by atoms with E-state index in [1.165, 1.54) is 0 Å². The van der Waals surface area contributed by atoms with E-state index in [0.717, 1.165) is 23.7 Å². The number of aliphatic carboxylic acids is 1. The zero-order chi connectivity index (χ0) is 17.1. The Kier molecular flexibility index (Phi) is 4.85. The van der Waals surface area contributed by atoms with Gasteiger partial charge in [-0.1, -0.05) is 6.07 Å². The smallest absolute Gasteiger partial charge is 0.308 e. The number of carboxylic acid groups (broad SMARTS) is 1. The number of amides is 1. The van der Waals surface area contributed by atoms with E-state index in [1.807, 2.05) is 36.0 Å². The van der Waals surface area contributed by atoms with Gasteiger partial charge in [-0.2, -0.15) is 0 Å². The number of hydrogen-bond acceptors (Lipinski definition) is 3. The van der Waals surface area contributed by atoms with Gasteiger partial charge < -0.3 is 19.7 Å². The molecule has 1 aromatic carbocycles. The number of nitrogens with zero attached hydrogens (tertiary/aromatic N) is 1. The van der Waals surface area contributed by atoms with E-state index >= 15 is 0 Å². The summed E-state index contributed by atoms with van der Waals surface area (Å²) < 4.78 is 7.24. The highest BCUT2D eigenvalue weighted by molar-refractivity contribution is 5.98. The molecule has 1 aromatic heterocycles. The van der Waals surface area contributed by atoms with Crippen molar-refractivity contribution in [3.05, 3.63) is 36.0 Å². The summed E-state index contributed by atoms with van der Waals surface area (Å²) in [6.07, 6.45) is 3.39. The van der Waals surface area contributed by atoms with Gasteiger partial charge in [0.25, 0.3) is 5.91 Å². The van der Waals surface area contributed by atoms with Crippen molar-refractivity contribution in [1.29, 1.82) is 0 Å². The van der Waals surface area contributed by atoms with Crippen molar-refractivity contribution in [1.82, 2.24) is 9.88 Å². The van der Waals surface area contributed by atoms with Crippen molar-refractivity contribution in [2.45, 2.75) is 12.8 Å². The minimum absolute atomic E-state index is 0.0481. The Hall–Kier alpha value is -2.34. The van der Waals surface area contributed by atoms with E-state index in [9.17, 15) is 14.7 Å². The van der Waals surface area contributed by atoms with Gasteiger partial charge >= 0.3 is 5.97 Å². The Morgan fingerprint density at radius 3 is 2.79 bits per heavy atom. The Bertz CT molecular complexity index is 747. The number of carbonyl (C=O) groups is 2. The van der Waals surface area contributed by atoms with Gasteiger partial charge in [-0.25, -0.2) is 0 Å². The number of fused-ring (bicyclic) bond motifs is 1. The molecule has 2 heterocycles. The molecule has 1 saturated heterocycles. The fourth-order valence-electron chi connectivity index (χ4n) is 3.28. The molecule has 1 unspecified atom stereocenters. The van der Waals surface area contributed by atoms with Crippen LogP contribution in [-0.4, -0.2) is 41.3 Å². The zero-order valence-electron chi connectivity index (χ0n) is 13.7. The summed E-state index contributed by atoms with van der Waals surface area (Å²) in [4.78, 5) is 23.9. The molecular formula is C18H22N2O4. The van der Waals surface area contributed by atoms with Crippen molar-refractivity contribution < 1.29 is 19.4 Å². The summed E-state index contributed by atoms with van der Waals surface area (Å²) in [5, 5.41) is 13.3. The largest absolute Gasteiger partial charge is 0.481 e. The van der Waals surface area contributed by atoms with Gasteiger partial charge in [0.1, 0.15) is 0 Å². The maximum Gasteiger partial charge on any atom is 0.308 e. The second-order valence-electron chi connectivity index (χ2n) is 6.30. The third-order valence-electron chi connectivity index (χ3n) is 4.79. The SMILES string of the molecule is Cn1ccc2ccc(C(=O)NCC(C(=O)O)C3CCOCC3)cc21. The Morgan fingerprint density at radius 2 is 2.08 bits per heavy atom. The second kappa shape index (κ2) is 7.05. The van der Waals surface area contributed by atoms with Gasteiger partial charge in [-0.3, -0.25) is 9.59 Å². The normalized spacial score (nSPS) is 16.9. The first-order chi connectivity index (χ1) is 11.6. The van der Waals surface area contributed by atoms with Crippen LogP contribution >= 0.6 is 0 Å². The van der Waals surface area contributed by atoms with Crippen molar-refractivity contribution in [3.8, 4) is 0 Å². The van der Waals surface area contributed by atoms with Gasteiger partial charge in [0.15, 0.2) is 0 Å². The summed E-state index contributed by atoms with van der Waals surface area (Å²) in [5.74, 6) is -1.62. The monoisotopic (exact) mass is 330 g/mol. The molecule has 1 aliphatic heterocycles. The summed E-state index contributed by atoms with van der Waals surface area (Å²) in [6, 6.07) is 7.48. The molecule has 1 amide bonds. The quantitative estimate of drug-likeness (QED) is 0.879. The molecule has 1 fully saturated rings. The summed E-state index contributed by atoms with van der Waals surface area (Å²) in [5.41, 5.74) is 1.52. The standard InChI is InChI=1S/C18H22N2O4/c1-20-7-4-13-2-3-14(10-16(13)20)17(21)19-11-15(18(22)23)12-5-8-24-9-6-12/h2-4,7,10,12,15H,5-6,8-9,11H2,1H3,(H,19,21)(H,22,23). The number of aromatic nitrogens is 1. The van der Waals surface area contributed by atoms with Crippen LogP contribution in [0.25, 0.3) is 10.9 Å². The minimum atomic E-state index is -0.861. The van der Waals surface area contributed by atoms with Crippen LogP contribution in [0.2, 0.25) is 0 Å². The molecule has 1 atom stereocenters. The molecule has 0 spiro atoms. The van der Waals surface area contributed by atoms with Crippen LogP contribution in [0.15, 0.2) is 30.5 Å². The van der Waals surface area contributed by atoms with E-state index in [1.54, 1.807) is 6.07 Å². The number of rotatable bonds is 5. The third-order valence-corrected chi connectivity index (χ3v) is 4.79. The van der Waals surface area contributed by atoms with Crippen LogP contribution < -0.4 is 5.32 Å². The highest BCUT2D eigenvalue weighted by Crippen LogP contribution is 2.24. The Balaban J connectivity index is 1.67. The maximum atomic E-state index is 12.4. The lowest BCUT2D eigenvalue weighted by Gasteiger charge is -2.27. The molecule has 0 aliphatic carbocycles. The minimum Gasteiger partial charge on any atom is -0.481 e. The zero-order valence-corrected chi connectivity index (χ0v) is 13.7. The van der Waals surface area contributed by atoms with Crippen molar-refractivity contribution in [2.75, 3.05) is 19.8 Å². The van der Waals surface area contributed by atoms with E-state index in [0.29, 0.717) is 18.8 Å². The number of aryl methyl sites for hydroxylation is 1. The number of carboxylic acids is 1. The lowest BCUT2D eigenvalue weighted by Crippen LogP contribution is -2.39. The number of hydrogen-bond donors (Lipinski definition) is 2. The molecule has 24 heavy (non-hydrogen) atoms. The van der Waals surface area contributed by atoms with Crippen LogP contribution in [0.5, 0.6) is 0 Å². The van der Waals surface area contributed by atoms with Crippen LogP contribution in [0.4, 0.5) is 0 Å². The lowest BCUT2D eigenvalue weighted by molar-refractivity contribution is -0.144. The van der Waals surface area contributed by atoms with Crippen LogP contribution in [-0.2, 0) is 16.6 Å². The number of benzene rings is 1. The number of nitrogens with one attached hydrogen (secondary N) is 1. The predicted molar refractivity (Wildman–Crippen MR) is 89.9 cm³/mol. The van der Waals surface area contributed by atoms with Crippen molar-refractivity contribution in [3.63, 3.8) is 0 Å².